The molecule has 6 rings (SSSR count). The van der Waals surface area contributed by atoms with Gasteiger partial charge in [-0.3, -0.25) is 0 Å². The van der Waals surface area contributed by atoms with Crippen LogP contribution in [0.1, 0.15) is 21.0 Å². The van der Waals surface area contributed by atoms with Crippen molar-refractivity contribution in [3.05, 3.63) is 127 Å². The van der Waals surface area contributed by atoms with Crippen LogP contribution in [0.5, 0.6) is 17.2 Å². The van der Waals surface area contributed by atoms with Crippen molar-refractivity contribution in [3.63, 3.8) is 0 Å². The molecule has 0 amide bonds. The summed E-state index contributed by atoms with van der Waals surface area (Å²) in [5.74, 6) is -1.92. The van der Waals surface area contributed by atoms with E-state index in [1.807, 2.05) is 42.5 Å². The Balaban J connectivity index is 0.000000171. The van der Waals surface area contributed by atoms with Crippen molar-refractivity contribution >= 4 is 51.1 Å². The molecule has 4 aromatic carbocycles. The van der Waals surface area contributed by atoms with Gasteiger partial charge in [0.25, 0.3) is 0 Å². The van der Waals surface area contributed by atoms with Crippen LogP contribution in [0.15, 0.2) is 115 Å². The molecule has 9 nitrogen and oxygen atoms in total. The van der Waals surface area contributed by atoms with E-state index in [9.17, 15) is 19.8 Å². The number of phenolic OH excluding ortho intramolecular Hbond substituents is 3. The minimum Gasteiger partial charge on any atom is -0.508 e. The Kier molecular flexibility index (Phi) is 10.6. The molecule has 6 aromatic rings. The highest BCUT2D eigenvalue weighted by Gasteiger charge is 2.08. The van der Waals surface area contributed by atoms with Crippen molar-refractivity contribution in [2.24, 2.45) is 0 Å². The van der Waals surface area contributed by atoms with Crippen LogP contribution in [0.3, 0.4) is 0 Å². The number of nitrogens with zero attached hydrogens (tertiary/aromatic N) is 2. The summed E-state index contributed by atoms with van der Waals surface area (Å²) in [5.41, 5.74) is 2.78. The first kappa shape index (κ1) is 31.1. The third-order valence-corrected chi connectivity index (χ3v) is 5.81. The molecule has 210 valence electrons. The molecule has 0 radical (unpaired) electrons. The lowest BCUT2D eigenvalue weighted by atomic mass is 10.1. The quantitative estimate of drug-likeness (QED) is 0.179. The summed E-state index contributed by atoms with van der Waals surface area (Å²) in [5, 5.41) is 46.8. The van der Waals surface area contributed by atoms with Crippen LogP contribution in [0.2, 0.25) is 0 Å². The summed E-state index contributed by atoms with van der Waals surface area (Å²) in [7, 11) is 0. The number of carbonyl (C=O) groups is 2. The van der Waals surface area contributed by atoms with E-state index in [0.717, 1.165) is 16.3 Å². The van der Waals surface area contributed by atoms with Crippen LogP contribution in [-0.2, 0) is 0 Å². The number of fused-ring (bicyclic) bond motifs is 2. The van der Waals surface area contributed by atoms with Gasteiger partial charge in [-0.1, -0.05) is 78.9 Å². The first-order chi connectivity index (χ1) is 19.7. The van der Waals surface area contributed by atoms with E-state index < -0.39 is 11.9 Å². The van der Waals surface area contributed by atoms with Crippen molar-refractivity contribution in [2.45, 2.75) is 0 Å². The van der Waals surface area contributed by atoms with E-state index in [2.05, 4.69) is 9.97 Å². The van der Waals surface area contributed by atoms with Gasteiger partial charge in [-0.25, -0.2) is 19.6 Å². The van der Waals surface area contributed by atoms with E-state index in [1.165, 1.54) is 29.8 Å². The van der Waals surface area contributed by atoms with Crippen molar-refractivity contribution in [1.29, 1.82) is 0 Å². The zero-order valence-electron chi connectivity index (χ0n) is 21.4. The Morgan fingerprint density at radius 1 is 0.476 bits per heavy atom. The normalized spacial score (nSPS) is 9.90. The lowest BCUT2D eigenvalue weighted by Crippen LogP contribution is -1.99. The van der Waals surface area contributed by atoms with Gasteiger partial charge >= 0.3 is 11.9 Å². The minimum atomic E-state index is -1.10. The molecule has 0 spiro atoms. The summed E-state index contributed by atoms with van der Waals surface area (Å²) in [6, 6.07) is 33.2. The molecule has 0 bridgehead atoms. The number of aromatic hydroxyl groups is 3. The number of hydrogen-bond acceptors (Lipinski definition) is 7. The first-order valence-corrected chi connectivity index (χ1v) is 12.2. The Morgan fingerprint density at radius 2 is 0.905 bits per heavy atom. The molecule has 0 aliphatic carbocycles. The highest BCUT2D eigenvalue weighted by atomic mass is 27.0. The molecule has 0 saturated carbocycles. The molecule has 2 aromatic heterocycles. The average molecular weight is 579 g/mol. The zero-order chi connectivity index (χ0) is 29.4. The Hall–Kier alpha value is -5.43. The number of pyridine rings is 2. The van der Waals surface area contributed by atoms with Crippen LogP contribution in [0.25, 0.3) is 32.9 Å². The number of carboxylic acids is 2. The molecular weight excluding hydrogens is 551 g/mol. The lowest BCUT2D eigenvalue weighted by molar-refractivity contribution is 0.0680. The van der Waals surface area contributed by atoms with Crippen molar-refractivity contribution in [1.82, 2.24) is 9.97 Å². The molecule has 5 N–H and O–H groups in total. The summed E-state index contributed by atoms with van der Waals surface area (Å²) in [6.07, 6.45) is 0. The number of aromatic carboxylic acids is 2. The number of para-hydroxylation sites is 2. The predicted octanol–water partition coefficient (Wildman–Crippen LogP) is 5.15. The maximum absolute atomic E-state index is 10.6. The maximum atomic E-state index is 10.6. The topological polar surface area (TPSA) is 161 Å². The van der Waals surface area contributed by atoms with E-state index in [0.29, 0.717) is 16.8 Å². The fourth-order valence-corrected chi connectivity index (χ4v) is 3.79. The van der Waals surface area contributed by atoms with Crippen LogP contribution in [0.4, 0.5) is 0 Å². The van der Waals surface area contributed by atoms with Crippen LogP contribution in [0, 0.1) is 0 Å². The van der Waals surface area contributed by atoms with Gasteiger partial charge in [0.2, 0.25) is 0 Å². The summed E-state index contributed by atoms with van der Waals surface area (Å²) in [4.78, 5) is 28.9. The van der Waals surface area contributed by atoms with Crippen LogP contribution >= 0.6 is 0 Å². The second-order valence-electron chi connectivity index (χ2n) is 8.61. The third-order valence-electron chi connectivity index (χ3n) is 5.81. The van der Waals surface area contributed by atoms with Gasteiger partial charge in [0.15, 0.2) is 17.4 Å². The van der Waals surface area contributed by atoms with Gasteiger partial charge < -0.3 is 25.5 Å². The number of benzene rings is 4. The van der Waals surface area contributed by atoms with E-state index >= 15 is 0 Å². The largest absolute Gasteiger partial charge is 0.508 e. The first-order valence-electron chi connectivity index (χ1n) is 12.2. The molecule has 0 aliphatic rings. The van der Waals surface area contributed by atoms with Crippen molar-refractivity contribution < 1.29 is 35.1 Å². The summed E-state index contributed by atoms with van der Waals surface area (Å²) < 4.78 is 0. The fourth-order valence-electron chi connectivity index (χ4n) is 3.79. The predicted molar refractivity (Wildman–Crippen MR) is 164 cm³/mol. The van der Waals surface area contributed by atoms with Gasteiger partial charge in [-0.05, 0) is 47.5 Å². The van der Waals surface area contributed by atoms with Crippen LogP contribution in [-0.4, -0.2) is 64.8 Å². The highest BCUT2D eigenvalue weighted by Crippen LogP contribution is 2.23. The molecule has 0 saturated heterocycles. The lowest BCUT2D eigenvalue weighted by Gasteiger charge is -2.00. The fraction of sp³-hybridized carbons (Fsp3) is 0. The maximum Gasteiger partial charge on any atom is 0.354 e. The van der Waals surface area contributed by atoms with Gasteiger partial charge in [-0.2, -0.15) is 0 Å². The highest BCUT2D eigenvalue weighted by molar-refractivity contribution is 5.92. The number of phenols is 3. The number of carboxylic acid groups (broad SMARTS) is 2. The minimum absolute atomic E-state index is 0. The number of hydrogen-bond donors (Lipinski definition) is 5. The van der Waals surface area contributed by atoms with Crippen molar-refractivity contribution in [3.8, 4) is 28.4 Å². The summed E-state index contributed by atoms with van der Waals surface area (Å²) >= 11 is 0. The zero-order valence-corrected chi connectivity index (χ0v) is 21.4. The second kappa shape index (κ2) is 14.3. The molecule has 0 aliphatic heterocycles. The van der Waals surface area contributed by atoms with Gasteiger partial charge in [0.1, 0.15) is 39.7 Å². The Bertz CT molecular complexity index is 1730. The van der Waals surface area contributed by atoms with E-state index in [-0.39, 0.29) is 40.2 Å². The molecular formula is C32H27AlN2O7. The molecule has 42 heavy (non-hydrogen) atoms. The number of rotatable bonds is 3. The Labute approximate surface area is 250 Å². The van der Waals surface area contributed by atoms with Gasteiger partial charge in [0.05, 0.1) is 0 Å². The van der Waals surface area contributed by atoms with E-state index in [1.54, 1.807) is 48.5 Å². The molecule has 2 heterocycles. The Morgan fingerprint density at radius 3 is 1.33 bits per heavy atom. The van der Waals surface area contributed by atoms with Gasteiger partial charge in [-0.15, -0.1) is 0 Å². The monoisotopic (exact) mass is 578 g/mol. The van der Waals surface area contributed by atoms with Crippen LogP contribution < -0.4 is 0 Å². The molecule has 0 atom stereocenters. The molecule has 10 heteroatoms. The second-order valence-corrected chi connectivity index (χ2v) is 8.61. The average Bonchev–Trinajstić information content (AvgIpc) is 2.99. The van der Waals surface area contributed by atoms with E-state index in [4.69, 9.17) is 15.3 Å². The standard InChI is InChI=1S/C12H10O.2C10H7NO3.Al.3H/c13-12-8-6-11(7-9-12)10-4-2-1-3-5-10;2*12-8-3-1-2-6-4-5-7(10(13)14)11-9(6)8;;;;/h1-9,13H;2*1-5,12H,(H,13,14);;;;. The SMILES string of the molecule is O=C(O)c1ccc2cccc(O)c2n1.O=C(O)c1ccc2cccc(O)c2n1.Oc1ccc(-c2ccccc2)cc1.[AlH3]. The molecule has 0 fully saturated rings. The van der Waals surface area contributed by atoms with Crippen molar-refractivity contribution in [2.75, 3.05) is 0 Å². The van der Waals surface area contributed by atoms with Gasteiger partial charge in [0, 0.05) is 10.8 Å². The summed E-state index contributed by atoms with van der Waals surface area (Å²) in [6.45, 7) is 0. The number of aromatic nitrogens is 2. The molecule has 0 unspecified atom stereocenters. The third kappa shape index (κ3) is 7.82. The smallest absolute Gasteiger partial charge is 0.354 e.